The highest BCUT2D eigenvalue weighted by Gasteiger charge is 2.29. The molecule has 3 rings (SSSR count). The number of benzene rings is 1. The summed E-state index contributed by atoms with van der Waals surface area (Å²) in [6.45, 7) is 10.9. The molecule has 1 aromatic heterocycles. The Morgan fingerprint density at radius 3 is 2.50 bits per heavy atom. The first kappa shape index (κ1) is 20.5. The van der Waals surface area contributed by atoms with Crippen LogP contribution in [0.3, 0.4) is 0 Å². The maximum Gasteiger partial charge on any atom is 0.228 e. The average Bonchev–Trinajstić information content (AvgIpc) is 2.89. The summed E-state index contributed by atoms with van der Waals surface area (Å²) in [5.74, 6) is 1.27. The zero-order valence-corrected chi connectivity index (χ0v) is 16.8. The van der Waals surface area contributed by atoms with Crippen molar-refractivity contribution >= 4 is 24.1 Å². The van der Waals surface area contributed by atoms with Gasteiger partial charge in [0.25, 0.3) is 0 Å². The van der Waals surface area contributed by atoms with Crippen LogP contribution < -0.4 is 10.6 Å². The summed E-state index contributed by atoms with van der Waals surface area (Å²) in [6, 6.07) is 12.2. The van der Waals surface area contributed by atoms with Gasteiger partial charge < -0.3 is 10.6 Å². The number of carbonyl (C=O) groups is 1. The zero-order chi connectivity index (χ0) is 18.0. The van der Waals surface area contributed by atoms with Gasteiger partial charge in [-0.3, -0.25) is 4.79 Å². The third-order valence-corrected chi connectivity index (χ3v) is 4.91. The first-order valence-electron chi connectivity index (χ1n) is 8.98. The van der Waals surface area contributed by atoms with E-state index in [0.29, 0.717) is 12.5 Å². The third kappa shape index (κ3) is 4.65. The number of anilines is 1. The Bertz CT molecular complexity index is 732. The minimum Gasteiger partial charge on any atom is -0.316 e. The maximum absolute atomic E-state index is 12.6. The summed E-state index contributed by atoms with van der Waals surface area (Å²) in [5.41, 5.74) is 2.08. The van der Waals surface area contributed by atoms with Crippen LogP contribution in [0.2, 0.25) is 0 Å². The molecule has 1 aliphatic rings. The molecule has 0 saturated carbocycles. The summed E-state index contributed by atoms with van der Waals surface area (Å²) < 4.78 is 1.90. The standard InChI is InChI=1S/C20H28N4O.ClH/c1-14(16-11-21-12-16)19(25)22-18-10-17(20(2,3)4)23-24(18)13-15-8-6-5-7-9-15;/h5-10,14,16,21H,11-13H2,1-4H3,(H,22,25);1H. The second-order valence-corrected chi connectivity index (χ2v) is 8.00. The Labute approximate surface area is 162 Å². The first-order valence-corrected chi connectivity index (χ1v) is 8.98. The Balaban J connectivity index is 0.00000243. The third-order valence-electron chi connectivity index (χ3n) is 4.91. The molecule has 1 aliphatic heterocycles. The smallest absolute Gasteiger partial charge is 0.228 e. The van der Waals surface area contributed by atoms with E-state index < -0.39 is 0 Å². The van der Waals surface area contributed by atoms with Crippen LogP contribution in [-0.4, -0.2) is 28.8 Å². The van der Waals surface area contributed by atoms with E-state index in [4.69, 9.17) is 5.10 Å². The second kappa shape index (κ2) is 8.23. The molecule has 6 heteroatoms. The van der Waals surface area contributed by atoms with E-state index in [-0.39, 0.29) is 29.6 Å². The van der Waals surface area contributed by atoms with Gasteiger partial charge in [-0.2, -0.15) is 5.10 Å². The van der Waals surface area contributed by atoms with E-state index in [2.05, 4.69) is 43.5 Å². The van der Waals surface area contributed by atoms with Crippen molar-refractivity contribution in [1.29, 1.82) is 0 Å². The number of hydrogen-bond acceptors (Lipinski definition) is 3. The monoisotopic (exact) mass is 376 g/mol. The molecule has 2 N–H and O–H groups in total. The van der Waals surface area contributed by atoms with E-state index in [9.17, 15) is 4.79 Å². The molecule has 2 heterocycles. The fraction of sp³-hybridized carbons (Fsp3) is 0.500. The lowest BCUT2D eigenvalue weighted by molar-refractivity contribution is -0.121. The highest BCUT2D eigenvalue weighted by atomic mass is 35.5. The average molecular weight is 377 g/mol. The SMILES string of the molecule is CC(C(=O)Nc1cc(C(C)(C)C)nn1Cc1ccccc1)C1CNC1.Cl. The summed E-state index contributed by atoms with van der Waals surface area (Å²) >= 11 is 0. The second-order valence-electron chi connectivity index (χ2n) is 8.00. The van der Waals surface area contributed by atoms with Gasteiger partial charge in [-0.15, -0.1) is 12.4 Å². The molecule has 5 nitrogen and oxygen atoms in total. The molecule has 1 aromatic carbocycles. The summed E-state index contributed by atoms with van der Waals surface area (Å²) in [6.07, 6.45) is 0. The van der Waals surface area contributed by atoms with Gasteiger partial charge in [-0.05, 0) is 24.6 Å². The van der Waals surface area contributed by atoms with Crippen LogP contribution in [-0.2, 0) is 16.8 Å². The maximum atomic E-state index is 12.6. The fourth-order valence-electron chi connectivity index (χ4n) is 2.88. The summed E-state index contributed by atoms with van der Waals surface area (Å²) in [5, 5.41) is 11.1. The normalized spacial score (nSPS) is 15.7. The number of carbonyl (C=O) groups excluding carboxylic acids is 1. The van der Waals surface area contributed by atoms with Crippen LogP contribution in [0, 0.1) is 11.8 Å². The molecule has 1 saturated heterocycles. The number of nitrogens with zero attached hydrogens (tertiary/aromatic N) is 2. The summed E-state index contributed by atoms with van der Waals surface area (Å²) in [7, 11) is 0. The van der Waals surface area contributed by atoms with Crippen molar-refractivity contribution in [3.63, 3.8) is 0 Å². The topological polar surface area (TPSA) is 59.0 Å². The van der Waals surface area contributed by atoms with Crippen LogP contribution in [0.25, 0.3) is 0 Å². The molecule has 0 radical (unpaired) electrons. The Morgan fingerprint density at radius 2 is 1.96 bits per heavy atom. The molecule has 2 aromatic rings. The molecule has 0 spiro atoms. The van der Waals surface area contributed by atoms with Gasteiger partial charge in [0.15, 0.2) is 0 Å². The largest absolute Gasteiger partial charge is 0.316 e. The van der Waals surface area contributed by atoms with Gasteiger partial charge in [-0.25, -0.2) is 4.68 Å². The molecule has 0 bridgehead atoms. The number of rotatable bonds is 5. The lowest BCUT2D eigenvalue weighted by atomic mass is 9.88. The van der Waals surface area contributed by atoms with Crippen molar-refractivity contribution < 1.29 is 4.79 Å². The van der Waals surface area contributed by atoms with E-state index >= 15 is 0 Å². The highest BCUT2D eigenvalue weighted by molar-refractivity contribution is 5.92. The molecule has 1 amide bonds. The molecule has 26 heavy (non-hydrogen) atoms. The Kier molecular flexibility index (Phi) is 6.48. The van der Waals surface area contributed by atoms with E-state index in [0.717, 1.165) is 30.2 Å². The molecular weight excluding hydrogens is 348 g/mol. The Morgan fingerprint density at radius 1 is 1.31 bits per heavy atom. The van der Waals surface area contributed by atoms with Crippen LogP contribution in [0.1, 0.15) is 39.0 Å². The number of hydrogen-bond donors (Lipinski definition) is 2. The predicted molar refractivity (Wildman–Crippen MR) is 108 cm³/mol. The quantitative estimate of drug-likeness (QED) is 0.840. The minimum absolute atomic E-state index is 0. The molecule has 1 unspecified atom stereocenters. The first-order chi connectivity index (χ1) is 11.8. The van der Waals surface area contributed by atoms with E-state index in [1.807, 2.05) is 35.9 Å². The van der Waals surface area contributed by atoms with Crippen molar-refractivity contribution in [1.82, 2.24) is 15.1 Å². The molecule has 142 valence electrons. The number of halogens is 1. The van der Waals surface area contributed by atoms with E-state index in [1.54, 1.807) is 0 Å². The van der Waals surface area contributed by atoms with Crippen LogP contribution >= 0.6 is 12.4 Å². The number of aromatic nitrogens is 2. The number of nitrogens with one attached hydrogen (secondary N) is 2. The molecule has 1 atom stereocenters. The van der Waals surface area contributed by atoms with Crippen molar-refractivity contribution in [3.05, 3.63) is 47.7 Å². The van der Waals surface area contributed by atoms with Crippen molar-refractivity contribution in [3.8, 4) is 0 Å². The van der Waals surface area contributed by atoms with Crippen LogP contribution in [0.5, 0.6) is 0 Å². The number of amides is 1. The van der Waals surface area contributed by atoms with Gasteiger partial charge in [-0.1, -0.05) is 58.0 Å². The Hall–Kier alpha value is -1.85. The molecule has 0 aliphatic carbocycles. The van der Waals surface area contributed by atoms with Gasteiger partial charge in [0.05, 0.1) is 12.2 Å². The fourth-order valence-corrected chi connectivity index (χ4v) is 2.88. The van der Waals surface area contributed by atoms with Crippen molar-refractivity contribution in [2.75, 3.05) is 18.4 Å². The lowest BCUT2D eigenvalue weighted by Crippen LogP contribution is -2.48. The van der Waals surface area contributed by atoms with Gasteiger partial charge in [0.1, 0.15) is 5.82 Å². The highest BCUT2D eigenvalue weighted by Crippen LogP contribution is 2.26. The predicted octanol–water partition coefficient (Wildman–Crippen LogP) is 3.44. The van der Waals surface area contributed by atoms with E-state index in [1.165, 1.54) is 0 Å². The minimum atomic E-state index is -0.0646. The van der Waals surface area contributed by atoms with Crippen molar-refractivity contribution in [2.24, 2.45) is 11.8 Å². The zero-order valence-electron chi connectivity index (χ0n) is 16.0. The molecule has 1 fully saturated rings. The van der Waals surface area contributed by atoms with Crippen LogP contribution in [0.15, 0.2) is 36.4 Å². The molecular formula is C20H29ClN4O. The van der Waals surface area contributed by atoms with Crippen molar-refractivity contribution in [2.45, 2.75) is 39.7 Å². The van der Waals surface area contributed by atoms with Gasteiger partial charge >= 0.3 is 0 Å². The van der Waals surface area contributed by atoms with Gasteiger partial charge in [0.2, 0.25) is 5.91 Å². The van der Waals surface area contributed by atoms with Crippen LogP contribution in [0.4, 0.5) is 5.82 Å². The van der Waals surface area contributed by atoms with Gasteiger partial charge in [0, 0.05) is 17.4 Å². The summed E-state index contributed by atoms with van der Waals surface area (Å²) in [4.78, 5) is 12.6. The lowest BCUT2D eigenvalue weighted by Gasteiger charge is -2.31.